The van der Waals surface area contributed by atoms with Gasteiger partial charge in [0.2, 0.25) is 5.95 Å². The van der Waals surface area contributed by atoms with Crippen molar-refractivity contribution in [3.05, 3.63) is 64.8 Å². The first-order valence-electron chi connectivity index (χ1n) is 8.42. The molecule has 0 saturated heterocycles. The van der Waals surface area contributed by atoms with Crippen molar-refractivity contribution in [3.8, 4) is 5.75 Å². The van der Waals surface area contributed by atoms with E-state index < -0.39 is 0 Å². The second-order valence-electron chi connectivity index (χ2n) is 5.88. The van der Waals surface area contributed by atoms with Gasteiger partial charge in [0.1, 0.15) is 11.6 Å². The molecule has 0 aliphatic rings. The van der Waals surface area contributed by atoms with Gasteiger partial charge in [0.15, 0.2) is 0 Å². The van der Waals surface area contributed by atoms with Crippen LogP contribution < -0.4 is 15.4 Å². The summed E-state index contributed by atoms with van der Waals surface area (Å²) in [4.78, 5) is 9.00. The predicted octanol–water partition coefficient (Wildman–Crippen LogP) is 5.63. The lowest BCUT2D eigenvalue weighted by atomic mass is 10.2. The lowest BCUT2D eigenvalue weighted by molar-refractivity contribution is 0.340. The molecule has 5 nitrogen and oxygen atoms in total. The minimum atomic E-state index is 0.531. The molecule has 2 aromatic carbocycles. The molecule has 134 valence electrons. The summed E-state index contributed by atoms with van der Waals surface area (Å²) in [5, 5.41) is 7.26. The molecule has 3 rings (SSSR count). The van der Waals surface area contributed by atoms with E-state index in [4.69, 9.17) is 16.3 Å². The molecule has 0 unspecified atom stereocenters. The number of anilines is 4. The fourth-order valence-electron chi connectivity index (χ4n) is 2.52. The second kappa shape index (κ2) is 8.06. The van der Waals surface area contributed by atoms with Gasteiger partial charge < -0.3 is 15.4 Å². The third-order valence-electron chi connectivity index (χ3n) is 3.73. The van der Waals surface area contributed by atoms with E-state index in [0.29, 0.717) is 17.6 Å². The zero-order valence-corrected chi connectivity index (χ0v) is 15.8. The number of nitrogens with zero attached hydrogens (tertiary/aromatic N) is 2. The Bertz CT molecular complexity index is 897. The first kappa shape index (κ1) is 18.0. The van der Waals surface area contributed by atoms with Crippen LogP contribution in [0, 0.1) is 13.8 Å². The molecular weight excluding hydrogens is 348 g/mol. The van der Waals surface area contributed by atoms with E-state index in [1.165, 1.54) is 0 Å². The smallest absolute Gasteiger partial charge is 0.229 e. The number of rotatable bonds is 6. The number of hydrogen-bond donors (Lipinski definition) is 2. The van der Waals surface area contributed by atoms with E-state index in [-0.39, 0.29) is 0 Å². The largest absolute Gasteiger partial charge is 0.494 e. The van der Waals surface area contributed by atoms with Crippen molar-refractivity contribution in [3.63, 3.8) is 0 Å². The Balaban J connectivity index is 1.78. The Morgan fingerprint density at radius 1 is 0.962 bits per heavy atom. The van der Waals surface area contributed by atoms with Gasteiger partial charge in [-0.25, -0.2) is 4.98 Å². The van der Waals surface area contributed by atoms with Gasteiger partial charge in [0.25, 0.3) is 0 Å². The van der Waals surface area contributed by atoms with Crippen LogP contribution in [0.25, 0.3) is 0 Å². The maximum absolute atomic E-state index is 6.02. The average Bonchev–Trinajstić information content (AvgIpc) is 2.59. The van der Waals surface area contributed by atoms with Crippen molar-refractivity contribution in [2.24, 2.45) is 0 Å². The van der Waals surface area contributed by atoms with Crippen LogP contribution in [-0.2, 0) is 0 Å². The molecule has 1 heterocycles. The lowest BCUT2D eigenvalue weighted by Crippen LogP contribution is -2.03. The van der Waals surface area contributed by atoms with Crippen LogP contribution >= 0.6 is 11.6 Å². The van der Waals surface area contributed by atoms with Crippen LogP contribution in [0.5, 0.6) is 5.75 Å². The molecule has 0 amide bonds. The van der Waals surface area contributed by atoms with Crippen molar-refractivity contribution in [2.45, 2.75) is 20.8 Å². The number of ether oxygens (including phenoxy) is 1. The molecule has 6 heteroatoms. The quantitative estimate of drug-likeness (QED) is 0.590. The molecule has 26 heavy (non-hydrogen) atoms. The summed E-state index contributed by atoms with van der Waals surface area (Å²) in [5.74, 6) is 2.09. The first-order valence-corrected chi connectivity index (χ1v) is 8.80. The van der Waals surface area contributed by atoms with E-state index >= 15 is 0 Å². The van der Waals surface area contributed by atoms with E-state index in [1.54, 1.807) is 0 Å². The highest BCUT2D eigenvalue weighted by atomic mass is 35.5. The molecule has 0 bridgehead atoms. The number of aryl methyl sites for hydroxylation is 2. The summed E-state index contributed by atoms with van der Waals surface area (Å²) in [6.45, 7) is 6.54. The fourth-order valence-corrected chi connectivity index (χ4v) is 2.75. The van der Waals surface area contributed by atoms with Crippen molar-refractivity contribution in [1.82, 2.24) is 9.97 Å². The van der Waals surface area contributed by atoms with Crippen LogP contribution in [0.4, 0.5) is 23.1 Å². The van der Waals surface area contributed by atoms with Crippen LogP contribution in [0.15, 0.2) is 48.5 Å². The average molecular weight is 369 g/mol. The number of benzene rings is 2. The fraction of sp³-hybridized carbons (Fsp3) is 0.200. The summed E-state index contributed by atoms with van der Waals surface area (Å²) >= 11 is 6.02. The van der Waals surface area contributed by atoms with Gasteiger partial charge in [-0.1, -0.05) is 11.6 Å². The molecular formula is C20H21ClN4O. The normalized spacial score (nSPS) is 10.5. The predicted molar refractivity (Wildman–Crippen MR) is 107 cm³/mol. The Morgan fingerprint density at radius 3 is 2.42 bits per heavy atom. The maximum Gasteiger partial charge on any atom is 0.229 e. The van der Waals surface area contributed by atoms with E-state index in [0.717, 1.165) is 34.2 Å². The van der Waals surface area contributed by atoms with Crippen molar-refractivity contribution in [2.75, 3.05) is 17.2 Å². The van der Waals surface area contributed by atoms with Gasteiger partial charge in [0.05, 0.1) is 6.61 Å². The van der Waals surface area contributed by atoms with Gasteiger partial charge in [-0.2, -0.15) is 4.98 Å². The third-order valence-corrected chi connectivity index (χ3v) is 3.96. The monoisotopic (exact) mass is 368 g/mol. The van der Waals surface area contributed by atoms with Gasteiger partial charge in [-0.3, -0.25) is 0 Å². The Hall–Kier alpha value is -2.79. The van der Waals surface area contributed by atoms with Crippen LogP contribution in [0.2, 0.25) is 5.02 Å². The summed E-state index contributed by atoms with van der Waals surface area (Å²) in [7, 11) is 0. The number of nitrogens with one attached hydrogen (secondary N) is 2. The van der Waals surface area contributed by atoms with Crippen molar-refractivity contribution in [1.29, 1.82) is 0 Å². The summed E-state index contributed by atoms with van der Waals surface area (Å²) in [5.41, 5.74) is 3.77. The Labute approximate surface area is 158 Å². The van der Waals surface area contributed by atoms with E-state index in [2.05, 4.69) is 20.6 Å². The molecule has 0 atom stereocenters. The molecule has 0 spiro atoms. The van der Waals surface area contributed by atoms with Gasteiger partial charge in [-0.15, -0.1) is 0 Å². The van der Waals surface area contributed by atoms with Crippen LogP contribution in [-0.4, -0.2) is 16.6 Å². The SMILES string of the molecule is CCOc1ccc(Nc2nc(C)cc(Nc3ccc(Cl)cc3C)n2)cc1. The van der Waals surface area contributed by atoms with E-state index in [1.807, 2.05) is 69.3 Å². The number of halogens is 1. The van der Waals surface area contributed by atoms with Crippen molar-refractivity contribution >= 4 is 34.7 Å². The third kappa shape index (κ3) is 4.64. The zero-order chi connectivity index (χ0) is 18.5. The summed E-state index contributed by atoms with van der Waals surface area (Å²) in [6.07, 6.45) is 0. The van der Waals surface area contributed by atoms with Gasteiger partial charge >= 0.3 is 0 Å². The van der Waals surface area contributed by atoms with Crippen molar-refractivity contribution < 1.29 is 4.74 Å². The minimum Gasteiger partial charge on any atom is -0.494 e. The Morgan fingerprint density at radius 2 is 1.73 bits per heavy atom. The summed E-state index contributed by atoms with van der Waals surface area (Å²) in [6, 6.07) is 15.3. The summed E-state index contributed by atoms with van der Waals surface area (Å²) < 4.78 is 5.46. The topological polar surface area (TPSA) is 59.1 Å². The van der Waals surface area contributed by atoms with Gasteiger partial charge in [0, 0.05) is 28.2 Å². The molecule has 0 fully saturated rings. The molecule has 1 aromatic heterocycles. The first-order chi connectivity index (χ1) is 12.5. The molecule has 0 saturated carbocycles. The zero-order valence-electron chi connectivity index (χ0n) is 15.0. The van der Waals surface area contributed by atoms with E-state index in [9.17, 15) is 0 Å². The molecule has 2 N–H and O–H groups in total. The van der Waals surface area contributed by atoms with Crippen LogP contribution in [0.3, 0.4) is 0 Å². The maximum atomic E-state index is 6.02. The second-order valence-corrected chi connectivity index (χ2v) is 6.32. The van der Waals surface area contributed by atoms with Gasteiger partial charge in [-0.05, 0) is 68.8 Å². The minimum absolute atomic E-state index is 0.531. The number of aromatic nitrogens is 2. The Kier molecular flexibility index (Phi) is 5.58. The highest BCUT2D eigenvalue weighted by Gasteiger charge is 2.06. The molecule has 0 radical (unpaired) electrons. The lowest BCUT2D eigenvalue weighted by Gasteiger charge is -2.12. The molecule has 0 aliphatic heterocycles. The van der Waals surface area contributed by atoms with Crippen LogP contribution in [0.1, 0.15) is 18.2 Å². The standard InChI is InChI=1S/C20H21ClN4O/c1-4-26-17-8-6-16(7-9-17)23-20-22-14(3)12-19(25-20)24-18-10-5-15(21)11-13(18)2/h5-12H,4H2,1-3H3,(H2,22,23,24,25). The number of hydrogen-bond acceptors (Lipinski definition) is 5. The highest BCUT2D eigenvalue weighted by molar-refractivity contribution is 6.30. The molecule has 0 aliphatic carbocycles. The molecule has 3 aromatic rings. The highest BCUT2D eigenvalue weighted by Crippen LogP contribution is 2.24.